The van der Waals surface area contributed by atoms with E-state index >= 15 is 0 Å². The molecule has 7 heteroatoms. The van der Waals surface area contributed by atoms with Gasteiger partial charge in [-0.2, -0.15) is 0 Å². The molecule has 0 saturated heterocycles. The van der Waals surface area contributed by atoms with Crippen LogP contribution in [0.4, 0.5) is 5.13 Å². The van der Waals surface area contributed by atoms with Crippen LogP contribution in [0.1, 0.15) is 16.4 Å². The molecule has 102 valence electrons. The summed E-state index contributed by atoms with van der Waals surface area (Å²) in [5.41, 5.74) is 0.993. The second-order valence-corrected chi connectivity index (χ2v) is 6.55. The summed E-state index contributed by atoms with van der Waals surface area (Å²) in [6, 6.07) is 7.99. The Kier molecular flexibility index (Phi) is 3.70. The lowest BCUT2D eigenvalue weighted by atomic mass is 10.3. The average molecular weight is 304 g/mol. The van der Waals surface area contributed by atoms with Crippen molar-refractivity contribution in [1.82, 2.24) is 15.2 Å². The fraction of sp³-hybridized carbons (Fsp3) is 0.231. The van der Waals surface area contributed by atoms with Gasteiger partial charge in [-0.05, 0) is 19.1 Å². The predicted octanol–water partition coefficient (Wildman–Crippen LogP) is 3.03. The fourth-order valence-corrected chi connectivity index (χ4v) is 3.35. The first-order valence-corrected chi connectivity index (χ1v) is 7.78. The topological polar surface area (TPSA) is 67.8 Å². The number of hydrogen-bond acceptors (Lipinski definition) is 6. The Morgan fingerprint density at radius 2 is 2.10 bits per heavy atom. The Labute approximate surface area is 123 Å². The maximum atomic E-state index is 11.8. The first-order valence-electron chi connectivity index (χ1n) is 6.15. The lowest BCUT2D eigenvalue weighted by Gasteiger charge is -1.98. The highest BCUT2D eigenvalue weighted by atomic mass is 32.1. The summed E-state index contributed by atoms with van der Waals surface area (Å²) in [6.45, 7) is 1.86. The Balaban J connectivity index is 1.59. The quantitative estimate of drug-likeness (QED) is 0.804. The molecule has 1 aromatic carbocycles. The molecule has 2 aromatic heterocycles. The standard InChI is InChI=1S/C13H12N4OS2/c1-8-16-17-13(19-8)15-11(18)6-7-12-14-9-4-2-3-5-10(9)20-12/h2-5H,6-7H2,1H3,(H,15,17,18). The van der Waals surface area contributed by atoms with Gasteiger partial charge in [-0.15, -0.1) is 21.5 Å². The Hall–Kier alpha value is -1.86. The van der Waals surface area contributed by atoms with Crippen molar-refractivity contribution in [3.8, 4) is 0 Å². The molecule has 0 aliphatic rings. The number of nitrogens with zero attached hydrogens (tertiary/aromatic N) is 3. The minimum atomic E-state index is -0.0552. The number of rotatable bonds is 4. The van der Waals surface area contributed by atoms with E-state index in [1.165, 1.54) is 11.3 Å². The zero-order valence-corrected chi connectivity index (χ0v) is 12.4. The van der Waals surface area contributed by atoms with Crippen molar-refractivity contribution in [2.45, 2.75) is 19.8 Å². The molecule has 0 radical (unpaired) electrons. The van der Waals surface area contributed by atoms with Gasteiger partial charge < -0.3 is 5.32 Å². The first-order chi connectivity index (χ1) is 9.70. The normalized spacial score (nSPS) is 10.8. The van der Waals surface area contributed by atoms with Gasteiger partial charge in [0.05, 0.1) is 15.2 Å². The molecule has 0 bridgehead atoms. The van der Waals surface area contributed by atoms with E-state index in [0.29, 0.717) is 18.0 Å². The van der Waals surface area contributed by atoms with E-state index in [1.54, 1.807) is 11.3 Å². The number of carbonyl (C=O) groups excluding carboxylic acids is 1. The van der Waals surface area contributed by atoms with E-state index in [-0.39, 0.29) is 5.91 Å². The van der Waals surface area contributed by atoms with E-state index in [4.69, 9.17) is 0 Å². The van der Waals surface area contributed by atoms with Crippen molar-refractivity contribution in [2.24, 2.45) is 0 Å². The summed E-state index contributed by atoms with van der Waals surface area (Å²) >= 11 is 3.01. The van der Waals surface area contributed by atoms with Crippen LogP contribution in [0.3, 0.4) is 0 Å². The van der Waals surface area contributed by atoms with Gasteiger partial charge in [0.1, 0.15) is 5.01 Å². The lowest BCUT2D eigenvalue weighted by Crippen LogP contribution is -2.12. The van der Waals surface area contributed by atoms with Crippen molar-refractivity contribution < 1.29 is 4.79 Å². The molecule has 0 saturated carbocycles. The third kappa shape index (κ3) is 3.00. The average Bonchev–Trinajstić information content (AvgIpc) is 3.02. The van der Waals surface area contributed by atoms with E-state index in [2.05, 4.69) is 20.5 Å². The van der Waals surface area contributed by atoms with Crippen molar-refractivity contribution in [2.75, 3.05) is 5.32 Å². The minimum Gasteiger partial charge on any atom is -0.301 e. The number of anilines is 1. The van der Waals surface area contributed by atoms with Crippen LogP contribution in [0.2, 0.25) is 0 Å². The number of aromatic nitrogens is 3. The van der Waals surface area contributed by atoms with Crippen molar-refractivity contribution >= 4 is 43.9 Å². The monoisotopic (exact) mass is 304 g/mol. The molecule has 0 spiro atoms. The zero-order valence-electron chi connectivity index (χ0n) is 10.8. The van der Waals surface area contributed by atoms with Crippen LogP contribution >= 0.6 is 22.7 Å². The molecule has 20 heavy (non-hydrogen) atoms. The number of fused-ring (bicyclic) bond motifs is 1. The Morgan fingerprint density at radius 3 is 2.85 bits per heavy atom. The van der Waals surface area contributed by atoms with Crippen LogP contribution in [0.5, 0.6) is 0 Å². The molecule has 0 unspecified atom stereocenters. The molecule has 5 nitrogen and oxygen atoms in total. The van der Waals surface area contributed by atoms with Gasteiger partial charge >= 0.3 is 0 Å². The molecule has 0 aliphatic carbocycles. The van der Waals surface area contributed by atoms with E-state index < -0.39 is 0 Å². The third-order valence-corrected chi connectivity index (χ3v) is 4.53. The number of benzene rings is 1. The molecular formula is C13H12N4OS2. The second-order valence-electron chi connectivity index (χ2n) is 4.25. The highest BCUT2D eigenvalue weighted by Gasteiger charge is 2.09. The second kappa shape index (κ2) is 5.64. The molecule has 1 amide bonds. The SMILES string of the molecule is Cc1nnc(NC(=O)CCc2nc3ccccc3s2)s1. The summed E-state index contributed by atoms with van der Waals surface area (Å²) in [5, 5.41) is 12.9. The fourth-order valence-electron chi connectivity index (χ4n) is 1.78. The Morgan fingerprint density at radius 1 is 1.25 bits per heavy atom. The summed E-state index contributed by atoms with van der Waals surface area (Å²) in [6.07, 6.45) is 1.04. The van der Waals surface area contributed by atoms with E-state index in [1.807, 2.05) is 31.2 Å². The number of carbonyl (C=O) groups is 1. The minimum absolute atomic E-state index is 0.0552. The van der Waals surface area contributed by atoms with Gasteiger partial charge in [0.15, 0.2) is 0 Å². The van der Waals surface area contributed by atoms with Crippen LogP contribution < -0.4 is 5.32 Å². The Bertz CT molecular complexity index is 717. The number of amides is 1. The van der Waals surface area contributed by atoms with Gasteiger partial charge in [0, 0.05) is 12.8 Å². The van der Waals surface area contributed by atoms with Crippen molar-refractivity contribution in [1.29, 1.82) is 0 Å². The molecule has 3 aromatic rings. The van der Waals surface area contributed by atoms with Crippen LogP contribution in [0, 0.1) is 6.92 Å². The van der Waals surface area contributed by atoms with Crippen molar-refractivity contribution in [3.63, 3.8) is 0 Å². The van der Waals surface area contributed by atoms with Crippen LogP contribution in [0.15, 0.2) is 24.3 Å². The van der Waals surface area contributed by atoms with Gasteiger partial charge in [-0.3, -0.25) is 4.79 Å². The largest absolute Gasteiger partial charge is 0.301 e. The maximum absolute atomic E-state index is 11.8. The molecule has 0 atom stereocenters. The van der Waals surface area contributed by atoms with Gasteiger partial charge in [-0.25, -0.2) is 4.98 Å². The summed E-state index contributed by atoms with van der Waals surface area (Å²) in [5.74, 6) is -0.0552. The molecule has 0 fully saturated rings. The molecular weight excluding hydrogens is 292 g/mol. The summed E-state index contributed by atoms with van der Waals surface area (Å²) in [4.78, 5) is 16.3. The van der Waals surface area contributed by atoms with Gasteiger partial charge in [0.25, 0.3) is 0 Å². The van der Waals surface area contributed by atoms with Gasteiger partial charge in [-0.1, -0.05) is 23.5 Å². The van der Waals surface area contributed by atoms with Crippen LogP contribution in [0.25, 0.3) is 10.2 Å². The lowest BCUT2D eigenvalue weighted by molar-refractivity contribution is -0.116. The third-order valence-electron chi connectivity index (χ3n) is 2.68. The molecule has 3 rings (SSSR count). The molecule has 0 aliphatic heterocycles. The van der Waals surface area contributed by atoms with Crippen LogP contribution in [-0.2, 0) is 11.2 Å². The van der Waals surface area contributed by atoms with Gasteiger partial charge in [0.2, 0.25) is 11.0 Å². The smallest absolute Gasteiger partial charge is 0.226 e. The number of aryl methyl sites for hydroxylation is 2. The van der Waals surface area contributed by atoms with E-state index in [0.717, 1.165) is 20.2 Å². The molecule has 2 heterocycles. The van der Waals surface area contributed by atoms with E-state index in [9.17, 15) is 4.79 Å². The first kappa shape index (κ1) is 13.1. The highest BCUT2D eigenvalue weighted by Crippen LogP contribution is 2.22. The number of nitrogens with one attached hydrogen (secondary N) is 1. The maximum Gasteiger partial charge on any atom is 0.226 e. The number of hydrogen-bond donors (Lipinski definition) is 1. The number of para-hydroxylation sites is 1. The number of thiazole rings is 1. The molecule has 1 N–H and O–H groups in total. The highest BCUT2D eigenvalue weighted by molar-refractivity contribution is 7.18. The summed E-state index contributed by atoms with van der Waals surface area (Å²) < 4.78 is 1.16. The predicted molar refractivity (Wildman–Crippen MR) is 81.2 cm³/mol. The summed E-state index contributed by atoms with van der Waals surface area (Å²) in [7, 11) is 0. The van der Waals surface area contributed by atoms with Crippen molar-refractivity contribution in [3.05, 3.63) is 34.3 Å². The zero-order chi connectivity index (χ0) is 13.9. The van der Waals surface area contributed by atoms with Crippen LogP contribution in [-0.4, -0.2) is 21.1 Å².